The molecule has 24 heavy (non-hydrogen) atoms. The summed E-state index contributed by atoms with van der Waals surface area (Å²) in [7, 11) is 0. The third kappa shape index (κ3) is 2.76. The standard InChI is InChI=1S/C19H15ClN2O2/c20-14-5-6-16-15(10-14)13(11-22-16)7-8-21-19(23)18-9-12-3-1-2-4-17(12)24-18/h1-6,9-11,22H,7-8H2,(H,21,23). The minimum atomic E-state index is -0.205. The quantitative estimate of drug-likeness (QED) is 0.574. The van der Waals surface area contributed by atoms with Gasteiger partial charge in [-0.05, 0) is 42.3 Å². The Hall–Kier alpha value is -2.72. The molecule has 4 nitrogen and oxygen atoms in total. The van der Waals surface area contributed by atoms with Crippen molar-refractivity contribution in [2.75, 3.05) is 6.54 Å². The van der Waals surface area contributed by atoms with Crippen molar-refractivity contribution in [1.82, 2.24) is 10.3 Å². The van der Waals surface area contributed by atoms with Gasteiger partial charge in [-0.3, -0.25) is 4.79 Å². The van der Waals surface area contributed by atoms with Crippen LogP contribution in [0.5, 0.6) is 0 Å². The number of H-pyrrole nitrogens is 1. The first-order valence-electron chi connectivity index (χ1n) is 7.73. The Labute approximate surface area is 143 Å². The van der Waals surface area contributed by atoms with Crippen LogP contribution in [0.3, 0.4) is 0 Å². The van der Waals surface area contributed by atoms with Gasteiger partial charge in [0.1, 0.15) is 5.58 Å². The third-order valence-electron chi connectivity index (χ3n) is 4.06. The Morgan fingerprint density at radius 1 is 1.17 bits per heavy atom. The van der Waals surface area contributed by atoms with Crippen molar-refractivity contribution in [3.63, 3.8) is 0 Å². The number of halogens is 1. The number of nitrogens with one attached hydrogen (secondary N) is 2. The minimum Gasteiger partial charge on any atom is -0.451 e. The number of aromatic amines is 1. The predicted octanol–water partition coefficient (Wildman–Crippen LogP) is 4.54. The number of amides is 1. The molecule has 1 amide bonds. The first-order chi connectivity index (χ1) is 11.7. The van der Waals surface area contributed by atoms with E-state index in [2.05, 4.69) is 10.3 Å². The number of para-hydroxylation sites is 1. The number of furan rings is 1. The summed E-state index contributed by atoms with van der Waals surface area (Å²) in [5, 5.41) is 5.61. The highest BCUT2D eigenvalue weighted by Crippen LogP contribution is 2.23. The Morgan fingerprint density at radius 3 is 2.92 bits per heavy atom. The van der Waals surface area contributed by atoms with Gasteiger partial charge in [-0.1, -0.05) is 29.8 Å². The van der Waals surface area contributed by atoms with E-state index in [0.29, 0.717) is 29.3 Å². The van der Waals surface area contributed by atoms with Gasteiger partial charge in [0.05, 0.1) is 0 Å². The van der Waals surface area contributed by atoms with Crippen LogP contribution in [-0.2, 0) is 6.42 Å². The van der Waals surface area contributed by atoms with E-state index in [9.17, 15) is 4.79 Å². The average molecular weight is 339 g/mol. The van der Waals surface area contributed by atoms with Crippen molar-refractivity contribution in [1.29, 1.82) is 0 Å². The first-order valence-corrected chi connectivity index (χ1v) is 8.11. The second-order valence-electron chi connectivity index (χ2n) is 5.66. The molecule has 0 unspecified atom stereocenters. The van der Waals surface area contributed by atoms with Gasteiger partial charge in [-0.25, -0.2) is 0 Å². The fraction of sp³-hybridized carbons (Fsp3) is 0.105. The zero-order chi connectivity index (χ0) is 16.5. The van der Waals surface area contributed by atoms with Crippen LogP contribution in [0.15, 0.2) is 59.1 Å². The van der Waals surface area contributed by atoms with Crippen LogP contribution in [0, 0.1) is 0 Å². The number of rotatable bonds is 4. The van der Waals surface area contributed by atoms with Crippen LogP contribution >= 0.6 is 11.6 Å². The minimum absolute atomic E-state index is 0.205. The Balaban J connectivity index is 1.44. The summed E-state index contributed by atoms with van der Waals surface area (Å²) in [6.07, 6.45) is 2.67. The SMILES string of the molecule is O=C(NCCc1c[nH]c2ccc(Cl)cc12)c1cc2ccccc2o1. The number of carbonyl (C=O) groups excluding carboxylic acids is 1. The number of hydrogen-bond acceptors (Lipinski definition) is 2. The number of fused-ring (bicyclic) bond motifs is 2. The molecule has 0 aliphatic rings. The predicted molar refractivity (Wildman–Crippen MR) is 95.6 cm³/mol. The van der Waals surface area contributed by atoms with Crippen LogP contribution in [0.1, 0.15) is 16.1 Å². The Bertz CT molecular complexity index is 999. The fourth-order valence-electron chi connectivity index (χ4n) is 2.85. The Kier molecular flexibility index (Phi) is 3.75. The lowest BCUT2D eigenvalue weighted by molar-refractivity contribution is 0.0928. The number of benzene rings is 2. The molecule has 4 aromatic rings. The van der Waals surface area contributed by atoms with E-state index >= 15 is 0 Å². The molecule has 0 atom stereocenters. The lowest BCUT2D eigenvalue weighted by Crippen LogP contribution is -2.25. The van der Waals surface area contributed by atoms with E-state index in [-0.39, 0.29) is 5.91 Å². The molecule has 0 fully saturated rings. The average Bonchev–Trinajstić information content (AvgIpc) is 3.18. The third-order valence-corrected chi connectivity index (χ3v) is 4.29. The van der Waals surface area contributed by atoms with Gasteiger partial charge in [0.2, 0.25) is 0 Å². The van der Waals surface area contributed by atoms with Crippen molar-refractivity contribution >= 4 is 39.4 Å². The van der Waals surface area contributed by atoms with Crippen LogP contribution in [-0.4, -0.2) is 17.4 Å². The maximum atomic E-state index is 12.2. The monoisotopic (exact) mass is 338 g/mol. The van der Waals surface area contributed by atoms with Gasteiger partial charge >= 0.3 is 0 Å². The maximum Gasteiger partial charge on any atom is 0.287 e. The zero-order valence-corrected chi connectivity index (χ0v) is 13.6. The van der Waals surface area contributed by atoms with Crippen molar-refractivity contribution in [3.05, 3.63) is 71.1 Å². The van der Waals surface area contributed by atoms with Crippen LogP contribution in [0.2, 0.25) is 5.02 Å². The molecular weight excluding hydrogens is 324 g/mol. The molecule has 2 aromatic carbocycles. The van der Waals surface area contributed by atoms with Crippen molar-refractivity contribution in [2.24, 2.45) is 0 Å². The molecule has 0 aliphatic carbocycles. The molecule has 0 saturated carbocycles. The lowest BCUT2D eigenvalue weighted by atomic mass is 10.1. The molecule has 0 saturated heterocycles. The van der Waals surface area contributed by atoms with E-state index in [1.54, 1.807) is 6.07 Å². The van der Waals surface area contributed by atoms with Gasteiger partial charge < -0.3 is 14.7 Å². The molecular formula is C19H15ClN2O2. The van der Waals surface area contributed by atoms with E-state index in [1.165, 1.54) is 0 Å². The maximum absolute atomic E-state index is 12.2. The van der Waals surface area contributed by atoms with Crippen molar-refractivity contribution in [3.8, 4) is 0 Å². The largest absolute Gasteiger partial charge is 0.451 e. The van der Waals surface area contributed by atoms with Gasteiger partial charge in [0.15, 0.2) is 5.76 Å². The van der Waals surface area contributed by atoms with Gasteiger partial charge in [-0.2, -0.15) is 0 Å². The van der Waals surface area contributed by atoms with Gasteiger partial charge in [0, 0.05) is 34.1 Å². The van der Waals surface area contributed by atoms with Gasteiger partial charge in [-0.15, -0.1) is 0 Å². The summed E-state index contributed by atoms with van der Waals surface area (Å²) in [6.45, 7) is 0.523. The molecule has 0 bridgehead atoms. The molecule has 2 heterocycles. The summed E-state index contributed by atoms with van der Waals surface area (Å²) in [5.74, 6) is 0.127. The van der Waals surface area contributed by atoms with E-state index in [0.717, 1.165) is 21.9 Å². The highest BCUT2D eigenvalue weighted by Gasteiger charge is 2.12. The molecule has 0 radical (unpaired) electrons. The van der Waals surface area contributed by atoms with Crippen LogP contribution in [0.25, 0.3) is 21.9 Å². The van der Waals surface area contributed by atoms with E-state index in [1.807, 2.05) is 48.7 Å². The normalized spacial score (nSPS) is 11.2. The summed E-state index contributed by atoms with van der Waals surface area (Å²) in [6, 6.07) is 15.1. The summed E-state index contributed by atoms with van der Waals surface area (Å²) >= 11 is 6.05. The number of carbonyl (C=O) groups is 1. The molecule has 5 heteroatoms. The molecule has 2 N–H and O–H groups in total. The topological polar surface area (TPSA) is 58.0 Å². The van der Waals surface area contributed by atoms with Crippen molar-refractivity contribution < 1.29 is 9.21 Å². The van der Waals surface area contributed by atoms with Crippen LogP contribution < -0.4 is 5.32 Å². The second kappa shape index (κ2) is 6.06. The van der Waals surface area contributed by atoms with Crippen molar-refractivity contribution in [2.45, 2.75) is 6.42 Å². The molecule has 0 aliphatic heterocycles. The smallest absolute Gasteiger partial charge is 0.287 e. The van der Waals surface area contributed by atoms with Crippen LogP contribution in [0.4, 0.5) is 0 Å². The summed E-state index contributed by atoms with van der Waals surface area (Å²) < 4.78 is 5.57. The molecule has 0 spiro atoms. The first kappa shape index (κ1) is 14.8. The Morgan fingerprint density at radius 2 is 2.04 bits per heavy atom. The summed E-state index contributed by atoms with van der Waals surface area (Å²) in [5.41, 5.74) is 2.88. The second-order valence-corrected chi connectivity index (χ2v) is 6.09. The van der Waals surface area contributed by atoms with E-state index < -0.39 is 0 Å². The fourth-order valence-corrected chi connectivity index (χ4v) is 3.02. The molecule has 4 rings (SSSR count). The highest BCUT2D eigenvalue weighted by atomic mass is 35.5. The number of aromatic nitrogens is 1. The number of hydrogen-bond donors (Lipinski definition) is 2. The highest BCUT2D eigenvalue weighted by molar-refractivity contribution is 6.31. The lowest BCUT2D eigenvalue weighted by Gasteiger charge is -2.03. The zero-order valence-electron chi connectivity index (χ0n) is 12.8. The van der Waals surface area contributed by atoms with Gasteiger partial charge in [0.25, 0.3) is 5.91 Å². The molecule has 2 aromatic heterocycles. The summed E-state index contributed by atoms with van der Waals surface area (Å²) in [4.78, 5) is 15.4. The molecule has 120 valence electrons. The van der Waals surface area contributed by atoms with E-state index in [4.69, 9.17) is 16.0 Å².